The van der Waals surface area contributed by atoms with Crippen molar-refractivity contribution in [1.29, 1.82) is 0 Å². The van der Waals surface area contributed by atoms with E-state index in [1.807, 2.05) is 0 Å². The van der Waals surface area contributed by atoms with E-state index in [1.54, 1.807) is 47.0 Å². The summed E-state index contributed by atoms with van der Waals surface area (Å²) in [6.45, 7) is 0. The molecular weight excluding hydrogens is 323 g/mol. The zero-order valence-corrected chi connectivity index (χ0v) is 12.4. The Labute approximate surface area is 135 Å². The molecule has 8 heteroatoms. The zero-order chi connectivity index (χ0) is 17.2. The molecule has 0 saturated heterocycles. The van der Waals surface area contributed by atoms with Crippen LogP contribution < -0.4 is 0 Å². The number of ether oxygens (including phenoxy) is 1. The van der Waals surface area contributed by atoms with E-state index in [1.165, 1.54) is 12.1 Å². The van der Waals surface area contributed by atoms with Gasteiger partial charge in [0.05, 0.1) is 6.10 Å². The van der Waals surface area contributed by atoms with Crippen LogP contribution >= 0.6 is 0 Å². The van der Waals surface area contributed by atoms with E-state index in [0.29, 0.717) is 11.5 Å². The van der Waals surface area contributed by atoms with E-state index >= 15 is 0 Å². The molecule has 2 heterocycles. The predicted molar refractivity (Wildman–Crippen MR) is 79.0 cm³/mol. The molecular formula is C16H14F3N3O2. The Balaban J connectivity index is 1.87. The van der Waals surface area contributed by atoms with Crippen LogP contribution in [0.3, 0.4) is 0 Å². The van der Waals surface area contributed by atoms with Gasteiger partial charge in [0.25, 0.3) is 0 Å². The van der Waals surface area contributed by atoms with Gasteiger partial charge in [-0.3, -0.25) is 9.14 Å². The first-order chi connectivity index (χ1) is 11.4. The molecule has 1 aromatic carbocycles. The molecule has 0 saturated carbocycles. The summed E-state index contributed by atoms with van der Waals surface area (Å²) in [5.74, 6) is 0.352. The highest BCUT2D eigenvalue weighted by Gasteiger charge is 2.37. The molecule has 0 bridgehead atoms. The van der Waals surface area contributed by atoms with E-state index in [0.717, 1.165) is 0 Å². The van der Waals surface area contributed by atoms with Crippen LogP contribution in [0.4, 0.5) is 13.2 Å². The molecule has 2 unspecified atom stereocenters. The molecule has 2 aromatic heterocycles. The smallest absolute Gasteiger partial charge is 0.390 e. The molecule has 0 amide bonds. The molecule has 3 rings (SSSR count). The monoisotopic (exact) mass is 337 g/mol. The molecule has 0 spiro atoms. The summed E-state index contributed by atoms with van der Waals surface area (Å²) in [7, 11) is 0. The SMILES string of the molecule is OC(Cc1nnc2ccccn12)C(OC(F)(F)F)c1ccccc1. The van der Waals surface area contributed by atoms with Crippen LogP contribution in [0.15, 0.2) is 54.7 Å². The van der Waals surface area contributed by atoms with Crippen LogP contribution in [0.2, 0.25) is 0 Å². The summed E-state index contributed by atoms with van der Waals surface area (Å²) < 4.78 is 43.9. The molecule has 0 radical (unpaired) electrons. The second-order valence-electron chi connectivity index (χ2n) is 5.21. The lowest BCUT2D eigenvalue weighted by Crippen LogP contribution is -2.29. The third kappa shape index (κ3) is 3.72. The number of alkyl halides is 3. The molecule has 24 heavy (non-hydrogen) atoms. The van der Waals surface area contributed by atoms with Gasteiger partial charge in [-0.15, -0.1) is 23.4 Å². The lowest BCUT2D eigenvalue weighted by molar-refractivity contribution is -0.353. The third-order valence-corrected chi connectivity index (χ3v) is 3.51. The summed E-state index contributed by atoms with van der Waals surface area (Å²) in [5, 5.41) is 18.2. The number of aromatic nitrogens is 3. The van der Waals surface area contributed by atoms with Crippen molar-refractivity contribution in [2.24, 2.45) is 0 Å². The van der Waals surface area contributed by atoms with Gasteiger partial charge < -0.3 is 5.11 Å². The van der Waals surface area contributed by atoms with Gasteiger partial charge in [0.1, 0.15) is 11.9 Å². The van der Waals surface area contributed by atoms with Gasteiger partial charge in [-0.2, -0.15) is 0 Å². The second-order valence-corrected chi connectivity index (χ2v) is 5.21. The quantitative estimate of drug-likeness (QED) is 0.778. The maximum Gasteiger partial charge on any atom is 0.523 e. The lowest BCUT2D eigenvalue weighted by Gasteiger charge is -2.24. The molecule has 0 fully saturated rings. The van der Waals surface area contributed by atoms with Crippen molar-refractivity contribution in [1.82, 2.24) is 14.6 Å². The van der Waals surface area contributed by atoms with Gasteiger partial charge in [-0.1, -0.05) is 36.4 Å². The summed E-state index contributed by atoms with van der Waals surface area (Å²) in [6.07, 6.45) is -6.32. The summed E-state index contributed by atoms with van der Waals surface area (Å²) in [6, 6.07) is 13.0. The summed E-state index contributed by atoms with van der Waals surface area (Å²) >= 11 is 0. The number of nitrogens with zero attached hydrogens (tertiary/aromatic N) is 3. The number of aliphatic hydroxyl groups is 1. The normalized spacial score (nSPS) is 14.7. The first-order valence-corrected chi connectivity index (χ1v) is 7.20. The Morgan fingerprint density at radius 3 is 2.46 bits per heavy atom. The first-order valence-electron chi connectivity index (χ1n) is 7.20. The highest BCUT2D eigenvalue weighted by molar-refractivity contribution is 5.37. The van der Waals surface area contributed by atoms with Crippen molar-refractivity contribution in [3.05, 3.63) is 66.1 Å². The van der Waals surface area contributed by atoms with E-state index < -0.39 is 18.6 Å². The molecule has 2 atom stereocenters. The number of rotatable bonds is 5. The molecule has 126 valence electrons. The highest BCUT2D eigenvalue weighted by Crippen LogP contribution is 2.31. The fraction of sp³-hybridized carbons (Fsp3) is 0.250. The Bertz CT molecular complexity index is 805. The van der Waals surface area contributed by atoms with Crippen molar-refractivity contribution in [2.75, 3.05) is 0 Å². The van der Waals surface area contributed by atoms with Gasteiger partial charge in [0, 0.05) is 12.6 Å². The molecule has 0 aliphatic carbocycles. The number of aliphatic hydroxyl groups excluding tert-OH is 1. The molecule has 5 nitrogen and oxygen atoms in total. The van der Waals surface area contributed by atoms with Gasteiger partial charge in [-0.25, -0.2) is 0 Å². The van der Waals surface area contributed by atoms with Crippen LogP contribution in [0.5, 0.6) is 0 Å². The zero-order valence-electron chi connectivity index (χ0n) is 12.4. The van der Waals surface area contributed by atoms with Crippen LogP contribution in [0.1, 0.15) is 17.5 Å². The minimum atomic E-state index is -4.87. The topological polar surface area (TPSA) is 59.7 Å². The number of halogens is 3. The van der Waals surface area contributed by atoms with Crippen LogP contribution in [0.25, 0.3) is 5.65 Å². The standard InChI is InChI=1S/C16H14F3N3O2/c17-16(18,19)24-15(11-6-2-1-3-7-11)12(23)10-14-21-20-13-8-4-5-9-22(13)14/h1-9,12,15,23H,10H2. The van der Waals surface area contributed by atoms with Crippen molar-refractivity contribution in [2.45, 2.75) is 25.0 Å². The average Bonchev–Trinajstić information content (AvgIpc) is 2.96. The lowest BCUT2D eigenvalue weighted by atomic mass is 10.0. The van der Waals surface area contributed by atoms with E-state index in [-0.39, 0.29) is 12.0 Å². The first kappa shape index (κ1) is 16.4. The molecule has 0 aliphatic heterocycles. The fourth-order valence-corrected chi connectivity index (χ4v) is 2.48. The molecule has 3 aromatic rings. The Morgan fingerprint density at radius 1 is 1.04 bits per heavy atom. The largest absolute Gasteiger partial charge is 0.523 e. The minimum Gasteiger partial charge on any atom is -0.390 e. The van der Waals surface area contributed by atoms with Crippen LogP contribution in [0, 0.1) is 0 Å². The number of fused-ring (bicyclic) bond motifs is 1. The van der Waals surface area contributed by atoms with Gasteiger partial charge in [-0.05, 0) is 17.7 Å². The van der Waals surface area contributed by atoms with Crippen molar-refractivity contribution < 1.29 is 23.0 Å². The predicted octanol–water partition coefficient (Wildman–Crippen LogP) is 2.91. The molecule has 1 N–H and O–H groups in total. The highest BCUT2D eigenvalue weighted by atomic mass is 19.4. The second kappa shape index (κ2) is 6.58. The number of hydrogen-bond donors (Lipinski definition) is 1. The summed E-state index contributed by atoms with van der Waals surface area (Å²) in [5.41, 5.74) is 0.781. The number of pyridine rings is 1. The van der Waals surface area contributed by atoms with Crippen molar-refractivity contribution in [3.63, 3.8) is 0 Å². The van der Waals surface area contributed by atoms with E-state index in [9.17, 15) is 18.3 Å². The van der Waals surface area contributed by atoms with Crippen LogP contribution in [-0.4, -0.2) is 32.2 Å². The summed E-state index contributed by atoms with van der Waals surface area (Å²) in [4.78, 5) is 0. The average molecular weight is 337 g/mol. The minimum absolute atomic E-state index is 0.138. The van der Waals surface area contributed by atoms with Crippen molar-refractivity contribution >= 4 is 5.65 Å². The van der Waals surface area contributed by atoms with Gasteiger partial charge >= 0.3 is 6.36 Å². The van der Waals surface area contributed by atoms with Crippen molar-refractivity contribution in [3.8, 4) is 0 Å². The molecule has 0 aliphatic rings. The van der Waals surface area contributed by atoms with Gasteiger partial charge in [0.2, 0.25) is 0 Å². The maximum atomic E-state index is 12.7. The third-order valence-electron chi connectivity index (χ3n) is 3.51. The van der Waals surface area contributed by atoms with Gasteiger partial charge in [0.15, 0.2) is 5.65 Å². The van der Waals surface area contributed by atoms with E-state index in [2.05, 4.69) is 14.9 Å². The Morgan fingerprint density at radius 2 is 1.75 bits per heavy atom. The van der Waals surface area contributed by atoms with E-state index in [4.69, 9.17) is 0 Å². The van der Waals surface area contributed by atoms with Crippen LogP contribution in [-0.2, 0) is 11.2 Å². The number of hydrogen-bond acceptors (Lipinski definition) is 4. The fourth-order valence-electron chi connectivity index (χ4n) is 2.48. The maximum absolute atomic E-state index is 12.7. The number of benzene rings is 1. The Hall–Kier alpha value is -2.45. The Kier molecular flexibility index (Phi) is 4.50.